The SMILES string of the molecule is O=CO[C@@H]1CN[C@H](C(=O)O)C1. The van der Waals surface area contributed by atoms with Gasteiger partial charge in [0.1, 0.15) is 12.1 Å². The number of carbonyl (C=O) groups is 2. The Morgan fingerprint density at radius 3 is 2.91 bits per heavy atom. The molecule has 5 nitrogen and oxygen atoms in total. The third-order valence-electron chi connectivity index (χ3n) is 1.64. The largest absolute Gasteiger partial charge is 0.480 e. The highest BCUT2D eigenvalue weighted by Crippen LogP contribution is 2.08. The van der Waals surface area contributed by atoms with Gasteiger partial charge in [0, 0.05) is 13.0 Å². The number of carbonyl (C=O) groups excluding carboxylic acids is 1. The fourth-order valence-corrected chi connectivity index (χ4v) is 1.07. The number of hydrogen-bond donors (Lipinski definition) is 2. The van der Waals surface area contributed by atoms with Crippen molar-refractivity contribution >= 4 is 12.4 Å². The minimum absolute atomic E-state index is 0.284. The Hall–Kier alpha value is -1.10. The zero-order chi connectivity index (χ0) is 8.27. The number of carboxylic acid groups (broad SMARTS) is 1. The highest BCUT2D eigenvalue weighted by atomic mass is 16.5. The van der Waals surface area contributed by atoms with Crippen molar-refractivity contribution in [2.45, 2.75) is 18.6 Å². The molecular formula is C6H9NO4. The molecule has 2 N–H and O–H groups in total. The molecule has 1 aliphatic heterocycles. The molecule has 0 aromatic heterocycles. The fraction of sp³-hybridized carbons (Fsp3) is 0.667. The number of rotatable bonds is 3. The predicted octanol–water partition coefficient (Wildman–Crippen LogP) is -1.03. The van der Waals surface area contributed by atoms with E-state index in [1.807, 2.05) is 0 Å². The second-order valence-electron chi connectivity index (χ2n) is 2.39. The minimum atomic E-state index is -0.901. The van der Waals surface area contributed by atoms with Crippen LogP contribution in [0.2, 0.25) is 0 Å². The minimum Gasteiger partial charge on any atom is -0.480 e. The van der Waals surface area contributed by atoms with Crippen molar-refractivity contribution in [1.29, 1.82) is 0 Å². The van der Waals surface area contributed by atoms with Crippen LogP contribution in [0.5, 0.6) is 0 Å². The summed E-state index contributed by atoms with van der Waals surface area (Å²) in [4.78, 5) is 20.2. The van der Waals surface area contributed by atoms with Crippen LogP contribution in [0, 0.1) is 0 Å². The van der Waals surface area contributed by atoms with Crippen molar-refractivity contribution in [2.75, 3.05) is 6.54 Å². The Morgan fingerprint density at radius 2 is 2.45 bits per heavy atom. The molecule has 2 atom stereocenters. The van der Waals surface area contributed by atoms with Crippen LogP contribution in [-0.4, -0.2) is 36.2 Å². The number of aliphatic carboxylic acids is 1. The van der Waals surface area contributed by atoms with E-state index in [2.05, 4.69) is 10.1 Å². The monoisotopic (exact) mass is 159 g/mol. The molecule has 11 heavy (non-hydrogen) atoms. The summed E-state index contributed by atoms with van der Waals surface area (Å²) in [6.07, 6.45) is 0.0715. The van der Waals surface area contributed by atoms with Crippen LogP contribution in [0.15, 0.2) is 0 Å². The van der Waals surface area contributed by atoms with Gasteiger partial charge in [0.25, 0.3) is 6.47 Å². The van der Waals surface area contributed by atoms with E-state index in [4.69, 9.17) is 5.11 Å². The molecule has 0 spiro atoms. The Morgan fingerprint density at radius 1 is 1.73 bits per heavy atom. The maximum atomic E-state index is 10.3. The van der Waals surface area contributed by atoms with Gasteiger partial charge in [-0.1, -0.05) is 0 Å². The summed E-state index contributed by atoms with van der Waals surface area (Å²) in [6.45, 7) is 0.770. The molecule has 0 aromatic carbocycles. The lowest BCUT2D eigenvalue weighted by Gasteiger charge is -2.03. The topological polar surface area (TPSA) is 75.6 Å². The Balaban J connectivity index is 2.34. The number of ether oxygens (including phenoxy) is 1. The van der Waals surface area contributed by atoms with E-state index in [-0.39, 0.29) is 6.10 Å². The number of nitrogens with one attached hydrogen (secondary N) is 1. The van der Waals surface area contributed by atoms with Crippen molar-refractivity contribution in [3.05, 3.63) is 0 Å². The first-order chi connectivity index (χ1) is 5.24. The molecule has 0 amide bonds. The summed E-state index contributed by atoms with van der Waals surface area (Å²) in [5.74, 6) is -0.901. The second-order valence-corrected chi connectivity index (χ2v) is 2.39. The molecule has 0 bridgehead atoms. The van der Waals surface area contributed by atoms with Crippen LogP contribution in [-0.2, 0) is 14.3 Å². The average molecular weight is 159 g/mol. The summed E-state index contributed by atoms with van der Waals surface area (Å²) < 4.78 is 4.58. The molecule has 1 heterocycles. The molecule has 0 radical (unpaired) electrons. The Labute approximate surface area is 63.3 Å². The van der Waals surface area contributed by atoms with Crippen LogP contribution < -0.4 is 5.32 Å². The molecule has 1 fully saturated rings. The van der Waals surface area contributed by atoms with Gasteiger partial charge < -0.3 is 15.2 Å². The molecule has 0 unspecified atom stereocenters. The van der Waals surface area contributed by atoms with E-state index in [0.717, 1.165) is 0 Å². The van der Waals surface area contributed by atoms with Gasteiger partial charge in [-0.3, -0.25) is 9.59 Å². The molecule has 0 saturated carbocycles. The first kappa shape index (κ1) is 8.00. The third-order valence-corrected chi connectivity index (χ3v) is 1.64. The van der Waals surface area contributed by atoms with Gasteiger partial charge in [-0.25, -0.2) is 0 Å². The van der Waals surface area contributed by atoms with E-state index in [9.17, 15) is 9.59 Å². The number of carboxylic acids is 1. The van der Waals surface area contributed by atoms with Gasteiger partial charge in [0.2, 0.25) is 0 Å². The normalized spacial score (nSPS) is 29.8. The standard InChI is InChI=1S/C6H9NO4/c8-3-11-4-1-5(6(9)10)7-2-4/h3-5,7H,1-2H2,(H,9,10)/t4-,5-/m0/s1. The smallest absolute Gasteiger partial charge is 0.320 e. The average Bonchev–Trinajstić information content (AvgIpc) is 2.37. The van der Waals surface area contributed by atoms with Gasteiger partial charge >= 0.3 is 5.97 Å². The van der Waals surface area contributed by atoms with Crippen LogP contribution in [0.1, 0.15) is 6.42 Å². The van der Waals surface area contributed by atoms with Gasteiger partial charge in [-0.2, -0.15) is 0 Å². The summed E-state index contributed by atoms with van der Waals surface area (Å²) >= 11 is 0. The Kier molecular flexibility index (Phi) is 2.43. The summed E-state index contributed by atoms with van der Waals surface area (Å²) in [5.41, 5.74) is 0. The van der Waals surface area contributed by atoms with Gasteiger partial charge in [-0.05, 0) is 0 Å². The molecule has 1 aliphatic rings. The summed E-state index contributed by atoms with van der Waals surface area (Å²) in [6, 6.07) is -0.569. The third kappa shape index (κ3) is 1.91. The van der Waals surface area contributed by atoms with Crippen LogP contribution in [0.3, 0.4) is 0 Å². The van der Waals surface area contributed by atoms with E-state index < -0.39 is 12.0 Å². The molecule has 1 rings (SSSR count). The van der Waals surface area contributed by atoms with E-state index in [0.29, 0.717) is 19.4 Å². The van der Waals surface area contributed by atoms with Crippen LogP contribution in [0.25, 0.3) is 0 Å². The molecule has 0 aromatic rings. The van der Waals surface area contributed by atoms with E-state index >= 15 is 0 Å². The molecule has 5 heteroatoms. The quantitative estimate of drug-likeness (QED) is 0.515. The first-order valence-corrected chi connectivity index (χ1v) is 3.29. The van der Waals surface area contributed by atoms with Gasteiger partial charge in [0.15, 0.2) is 0 Å². The predicted molar refractivity (Wildman–Crippen MR) is 35.0 cm³/mol. The summed E-state index contributed by atoms with van der Waals surface area (Å²) in [7, 11) is 0. The lowest BCUT2D eigenvalue weighted by atomic mass is 10.2. The lowest BCUT2D eigenvalue weighted by molar-refractivity contribution is -0.140. The highest BCUT2D eigenvalue weighted by Gasteiger charge is 2.29. The maximum Gasteiger partial charge on any atom is 0.320 e. The zero-order valence-electron chi connectivity index (χ0n) is 5.82. The van der Waals surface area contributed by atoms with Crippen molar-refractivity contribution in [1.82, 2.24) is 5.32 Å². The molecular weight excluding hydrogens is 150 g/mol. The maximum absolute atomic E-state index is 10.3. The van der Waals surface area contributed by atoms with Gasteiger partial charge in [0.05, 0.1) is 0 Å². The van der Waals surface area contributed by atoms with Gasteiger partial charge in [-0.15, -0.1) is 0 Å². The summed E-state index contributed by atoms with van der Waals surface area (Å²) in [5, 5.41) is 11.2. The van der Waals surface area contributed by atoms with Crippen molar-refractivity contribution < 1.29 is 19.4 Å². The van der Waals surface area contributed by atoms with Crippen molar-refractivity contribution in [3.63, 3.8) is 0 Å². The highest BCUT2D eigenvalue weighted by molar-refractivity contribution is 5.73. The zero-order valence-corrected chi connectivity index (χ0v) is 5.82. The van der Waals surface area contributed by atoms with Crippen LogP contribution >= 0.6 is 0 Å². The molecule has 0 aliphatic carbocycles. The Bertz CT molecular complexity index is 170. The van der Waals surface area contributed by atoms with Crippen LogP contribution in [0.4, 0.5) is 0 Å². The molecule has 62 valence electrons. The van der Waals surface area contributed by atoms with E-state index in [1.54, 1.807) is 0 Å². The lowest BCUT2D eigenvalue weighted by Crippen LogP contribution is -2.29. The van der Waals surface area contributed by atoms with Crippen molar-refractivity contribution in [3.8, 4) is 0 Å². The van der Waals surface area contributed by atoms with Crippen molar-refractivity contribution in [2.24, 2.45) is 0 Å². The van der Waals surface area contributed by atoms with E-state index in [1.165, 1.54) is 0 Å². The fourth-order valence-electron chi connectivity index (χ4n) is 1.07. The second kappa shape index (κ2) is 3.34. The first-order valence-electron chi connectivity index (χ1n) is 3.29. The number of hydrogen-bond acceptors (Lipinski definition) is 4. The molecule has 1 saturated heterocycles.